The van der Waals surface area contributed by atoms with Gasteiger partial charge >= 0.3 is 0 Å². The number of halogens is 1. The molecule has 1 aromatic heterocycles. The van der Waals surface area contributed by atoms with E-state index in [-0.39, 0.29) is 12.4 Å². The molecule has 0 spiro atoms. The Balaban J connectivity index is 0.00000196. The van der Waals surface area contributed by atoms with Crippen LogP contribution in [-0.4, -0.2) is 47.0 Å². The molecule has 5 nitrogen and oxygen atoms in total. The summed E-state index contributed by atoms with van der Waals surface area (Å²) in [4.78, 5) is 4.61. The minimum Gasteiger partial charge on any atom is -0.358 e. The third-order valence-electron chi connectivity index (χ3n) is 4.79. The van der Waals surface area contributed by atoms with Crippen LogP contribution in [0.25, 0.3) is 11.0 Å². The number of amidine groups is 1. The van der Waals surface area contributed by atoms with Gasteiger partial charge in [-0.2, -0.15) is 0 Å². The standard InChI is InChI=1S/C20H22N4O.ClH/c21-20(14-18-17-8-4-5-9-19(17)25-22-18)24-12-10-23(11-13-24)15-16-6-2-1-3-7-16;/h1-9,21H,10-15H2;1H. The molecule has 0 aliphatic carbocycles. The van der Waals surface area contributed by atoms with E-state index in [1.54, 1.807) is 0 Å². The molecule has 1 aliphatic heterocycles. The van der Waals surface area contributed by atoms with Crippen LogP contribution in [0.2, 0.25) is 0 Å². The average molecular weight is 371 g/mol. The predicted octanol–water partition coefficient (Wildman–Crippen LogP) is 3.59. The first-order valence-electron chi connectivity index (χ1n) is 8.71. The van der Waals surface area contributed by atoms with Crippen LogP contribution in [0.1, 0.15) is 11.3 Å². The largest absolute Gasteiger partial charge is 0.358 e. The number of hydrogen-bond donors (Lipinski definition) is 1. The van der Waals surface area contributed by atoms with E-state index in [2.05, 4.69) is 45.3 Å². The molecular formula is C20H23ClN4O. The summed E-state index contributed by atoms with van der Waals surface area (Å²) in [5.74, 6) is 0.624. The molecule has 0 saturated carbocycles. The molecule has 1 aliphatic rings. The maximum Gasteiger partial charge on any atom is 0.167 e. The summed E-state index contributed by atoms with van der Waals surface area (Å²) >= 11 is 0. The van der Waals surface area contributed by atoms with E-state index in [1.807, 2.05) is 24.3 Å². The van der Waals surface area contributed by atoms with Crippen LogP contribution in [0.15, 0.2) is 59.1 Å². The number of nitrogens with zero attached hydrogens (tertiary/aromatic N) is 3. The molecule has 0 radical (unpaired) electrons. The van der Waals surface area contributed by atoms with Gasteiger partial charge < -0.3 is 9.42 Å². The van der Waals surface area contributed by atoms with Crippen molar-refractivity contribution in [2.45, 2.75) is 13.0 Å². The fourth-order valence-corrected chi connectivity index (χ4v) is 3.35. The van der Waals surface area contributed by atoms with Gasteiger partial charge in [-0.05, 0) is 17.7 Å². The van der Waals surface area contributed by atoms with Gasteiger partial charge in [-0.25, -0.2) is 0 Å². The van der Waals surface area contributed by atoms with Crippen LogP contribution in [0.5, 0.6) is 0 Å². The quantitative estimate of drug-likeness (QED) is 0.563. The summed E-state index contributed by atoms with van der Waals surface area (Å²) in [6.45, 7) is 4.73. The van der Waals surface area contributed by atoms with Gasteiger partial charge in [0.05, 0.1) is 12.1 Å². The van der Waals surface area contributed by atoms with Gasteiger partial charge in [0.15, 0.2) is 5.58 Å². The maximum absolute atomic E-state index is 8.45. The summed E-state index contributed by atoms with van der Waals surface area (Å²) in [7, 11) is 0. The van der Waals surface area contributed by atoms with E-state index in [0.717, 1.165) is 49.4 Å². The first-order valence-corrected chi connectivity index (χ1v) is 8.71. The van der Waals surface area contributed by atoms with Gasteiger partial charge in [-0.3, -0.25) is 10.3 Å². The van der Waals surface area contributed by atoms with Crippen molar-refractivity contribution in [2.24, 2.45) is 0 Å². The van der Waals surface area contributed by atoms with Gasteiger partial charge in [0.2, 0.25) is 0 Å². The molecule has 0 amide bonds. The summed E-state index contributed by atoms with van der Waals surface area (Å²) in [6.07, 6.45) is 0.524. The van der Waals surface area contributed by atoms with E-state index in [9.17, 15) is 0 Å². The first-order chi connectivity index (χ1) is 12.3. The van der Waals surface area contributed by atoms with Crippen molar-refractivity contribution in [3.8, 4) is 0 Å². The lowest BCUT2D eigenvalue weighted by atomic mass is 10.1. The van der Waals surface area contributed by atoms with Gasteiger partial charge in [0.25, 0.3) is 0 Å². The summed E-state index contributed by atoms with van der Waals surface area (Å²) in [5.41, 5.74) is 2.99. The Kier molecular flexibility index (Phi) is 5.91. The Labute approximate surface area is 159 Å². The maximum atomic E-state index is 8.45. The second kappa shape index (κ2) is 8.34. The molecule has 1 fully saturated rings. The molecule has 2 aromatic carbocycles. The number of fused-ring (bicyclic) bond motifs is 1. The van der Waals surface area contributed by atoms with Crippen molar-refractivity contribution >= 4 is 29.2 Å². The summed E-state index contributed by atoms with van der Waals surface area (Å²) < 4.78 is 5.35. The fraction of sp³-hybridized carbons (Fsp3) is 0.300. The third kappa shape index (κ3) is 4.06. The number of para-hydroxylation sites is 1. The van der Waals surface area contributed by atoms with Crippen LogP contribution in [0.3, 0.4) is 0 Å². The van der Waals surface area contributed by atoms with E-state index >= 15 is 0 Å². The highest BCUT2D eigenvalue weighted by atomic mass is 35.5. The normalized spacial score (nSPS) is 15.0. The first kappa shape index (κ1) is 18.4. The molecule has 4 rings (SSSR count). The SMILES string of the molecule is Cl.N=C(Cc1noc2ccccc12)N1CCN(Cc2ccccc2)CC1. The fourth-order valence-electron chi connectivity index (χ4n) is 3.35. The van der Waals surface area contributed by atoms with Gasteiger partial charge in [-0.1, -0.05) is 47.6 Å². The van der Waals surface area contributed by atoms with E-state index in [4.69, 9.17) is 9.93 Å². The third-order valence-corrected chi connectivity index (χ3v) is 4.79. The summed E-state index contributed by atoms with van der Waals surface area (Å²) in [6, 6.07) is 18.4. The van der Waals surface area contributed by atoms with E-state index in [1.165, 1.54) is 5.56 Å². The smallest absolute Gasteiger partial charge is 0.167 e. The lowest BCUT2D eigenvalue weighted by molar-refractivity contribution is 0.173. The number of nitrogens with one attached hydrogen (secondary N) is 1. The molecule has 3 aromatic rings. The van der Waals surface area contributed by atoms with Crippen LogP contribution >= 0.6 is 12.4 Å². The highest BCUT2D eigenvalue weighted by Gasteiger charge is 2.20. The summed E-state index contributed by atoms with van der Waals surface area (Å²) in [5, 5.41) is 13.6. The monoisotopic (exact) mass is 370 g/mol. The second-order valence-electron chi connectivity index (χ2n) is 6.50. The van der Waals surface area contributed by atoms with Crippen molar-refractivity contribution in [3.63, 3.8) is 0 Å². The Bertz CT molecular complexity index is 856. The molecule has 6 heteroatoms. The van der Waals surface area contributed by atoms with Crippen molar-refractivity contribution < 1.29 is 4.52 Å². The Morgan fingerprint density at radius 1 is 0.962 bits per heavy atom. The number of benzene rings is 2. The Morgan fingerprint density at radius 3 is 2.42 bits per heavy atom. The predicted molar refractivity (Wildman–Crippen MR) is 106 cm³/mol. The molecule has 136 valence electrons. The van der Waals surface area contributed by atoms with Crippen molar-refractivity contribution in [2.75, 3.05) is 26.2 Å². The zero-order valence-corrected chi connectivity index (χ0v) is 15.4. The highest BCUT2D eigenvalue weighted by Crippen LogP contribution is 2.19. The van der Waals surface area contributed by atoms with Crippen molar-refractivity contribution in [3.05, 3.63) is 65.9 Å². The second-order valence-corrected chi connectivity index (χ2v) is 6.50. The zero-order chi connectivity index (χ0) is 17.1. The topological polar surface area (TPSA) is 56.4 Å². The number of hydrogen-bond acceptors (Lipinski definition) is 4. The van der Waals surface area contributed by atoms with E-state index < -0.39 is 0 Å². The molecule has 1 saturated heterocycles. The molecule has 0 atom stereocenters. The molecule has 0 bridgehead atoms. The lowest BCUT2D eigenvalue weighted by Gasteiger charge is -2.36. The number of piperazine rings is 1. The van der Waals surface area contributed by atoms with Crippen LogP contribution in [0.4, 0.5) is 0 Å². The van der Waals surface area contributed by atoms with Crippen LogP contribution in [-0.2, 0) is 13.0 Å². The number of aromatic nitrogens is 1. The van der Waals surface area contributed by atoms with Crippen molar-refractivity contribution in [1.82, 2.24) is 15.0 Å². The Hall–Kier alpha value is -2.37. The van der Waals surface area contributed by atoms with Crippen LogP contribution < -0.4 is 0 Å². The zero-order valence-electron chi connectivity index (χ0n) is 14.6. The van der Waals surface area contributed by atoms with E-state index in [0.29, 0.717) is 12.3 Å². The number of rotatable bonds is 4. The minimum absolute atomic E-state index is 0. The molecule has 0 unspecified atom stereocenters. The van der Waals surface area contributed by atoms with Crippen LogP contribution in [0, 0.1) is 5.41 Å². The average Bonchev–Trinajstić information content (AvgIpc) is 3.06. The van der Waals surface area contributed by atoms with Crippen molar-refractivity contribution in [1.29, 1.82) is 5.41 Å². The molecular weight excluding hydrogens is 348 g/mol. The Morgan fingerprint density at radius 2 is 1.65 bits per heavy atom. The highest BCUT2D eigenvalue weighted by molar-refractivity contribution is 5.87. The minimum atomic E-state index is 0. The molecule has 26 heavy (non-hydrogen) atoms. The van der Waals surface area contributed by atoms with Gasteiger partial charge in [0, 0.05) is 38.1 Å². The molecule has 1 N–H and O–H groups in total. The van der Waals surface area contributed by atoms with Gasteiger partial charge in [0.1, 0.15) is 5.84 Å². The molecule has 2 heterocycles. The lowest BCUT2D eigenvalue weighted by Crippen LogP contribution is -2.48. The van der Waals surface area contributed by atoms with Gasteiger partial charge in [-0.15, -0.1) is 12.4 Å².